The molecule has 2 atom stereocenters. The number of nitrogens with one attached hydrogen (secondary N) is 1. The highest BCUT2D eigenvalue weighted by molar-refractivity contribution is 5.79. The van der Waals surface area contributed by atoms with E-state index in [-0.39, 0.29) is 11.9 Å². The number of carbonyl (C=O) groups excluding carboxylic acids is 1. The number of nitrogens with zero attached hydrogens (tertiary/aromatic N) is 1. The van der Waals surface area contributed by atoms with Crippen molar-refractivity contribution in [1.29, 1.82) is 0 Å². The zero-order valence-corrected chi connectivity index (χ0v) is 12.9. The number of urea groups is 1. The largest absolute Gasteiger partial charge is 0.481 e. The van der Waals surface area contributed by atoms with Crippen molar-refractivity contribution in [2.75, 3.05) is 13.1 Å². The fourth-order valence-corrected chi connectivity index (χ4v) is 2.14. The molecule has 3 N–H and O–H groups in total. The number of aliphatic carboxylic acids is 1. The van der Waals surface area contributed by atoms with Gasteiger partial charge >= 0.3 is 12.0 Å². The van der Waals surface area contributed by atoms with E-state index in [0.717, 1.165) is 6.42 Å². The number of likely N-dealkylation sites (tertiary alicyclic amines) is 1. The highest BCUT2D eigenvalue weighted by Crippen LogP contribution is 2.31. The second-order valence-electron chi connectivity index (χ2n) is 6.72. The molecule has 6 heteroatoms. The van der Waals surface area contributed by atoms with Crippen molar-refractivity contribution in [3.8, 4) is 0 Å². The number of hydrogen-bond acceptors (Lipinski definition) is 3. The first-order valence-corrected chi connectivity index (χ1v) is 6.97. The van der Waals surface area contributed by atoms with Gasteiger partial charge in [-0.1, -0.05) is 0 Å². The third-order valence-corrected chi connectivity index (χ3v) is 4.71. The van der Waals surface area contributed by atoms with Crippen LogP contribution in [0.25, 0.3) is 0 Å². The minimum absolute atomic E-state index is 0.0938. The Hall–Kier alpha value is -1.30. The van der Waals surface area contributed by atoms with Crippen molar-refractivity contribution >= 4 is 12.0 Å². The quantitative estimate of drug-likeness (QED) is 0.726. The van der Waals surface area contributed by atoms with Gasteiger partial charge < -0.3 is 20.4 Å². The first-order chi connectivity index (χ1) is 8.99. The van der Waals surface area contributed by atoms with Gasteiger partial charge in [0.25, 0.3) is 0 Å². The highest BCUT2D eigenvalue weighted by atomic mass is 16.4. The molecule has 0 spiro atoms. The van der Waals surface area contributed by atoms with Crippen LogP contribution in [0.3, 0.4) is 0 Å². The van der Waals surface area contributed by atoms with E-state index >= 15 is 0 Å². The lowest BCUT2D eigenvalue weighted by Crippen LogP contribution is -2.59. The number of hydrogen-bond donors (Lipinski definition) is 3. The van der Waals surface area contributed by atoms with Gasteiger partial charge in [-0.3, -0.25) is 4.79 Å². The SMILES string of the molecule is CC(O)C1CCN(C(=O)NC(C)(C)C(C)(C)C(=O)O)C1. The van der Waals surface area contributed by atoms with Gasteiger partial charge in [0.1, 0.15) is 0 Å². The summed E-state index contributed by atoms with van der Waals surface area (Å²) in [5.41, 5.74) is -1.95. The van der Waals surface area contributed by atoms with Crippen LogP contribution < -0.4 is 5.32 Å². The van der Waals surface area contributed by atoms with Crippen molar-refractivity contribution in [2.24, 2.45) is 11.3 Å². The molecule has 116 valence electrons. The van der Waals surface area contributed by atoms with Gasteiger partial charge in [-0.25, -0.2) is 4.79 Å². The van der Waals surface area contributed by atoms with Crippen LogP contribution in [-0.2, 0) is 4.79 Å². The molecule has 1 heterocycles. The average molecular weight is 286 g/mol. The van der Waals surface area contributed by atoms with E-state index in [1.807, 2.05) is 0 Å². The standard InChI is InChI=1S/C14H26N2O4/c1-9(17)10-6-7-16(8-10)12(20)15-14(4,5)13(2,3)11(18)19/h9-10,17H,6-8H2,1-5H3,(H,15,20)(H,18,19). The Bertz CT molecular complexity index is 391. The van der Waals surface area contributed by atoms with Gasteiger partial charge in [-0.15, -0.1) is 0 Å². The molecule has 2 unspecified atom stereocenters. The molecule has 2 amide bonds. The fourth-order valence-electron chi connectivity index (χ4n) is 2.14. The summed E-state index contributed by atoms with van der Waals surface area (Å²) >= 11 is 0. The Labute approximate surface area is 120 Å². The minimum Gasteiger partial charge on any atom is -0.481 e. The Morgan fingerprint density at radius 1 is 1.30 bits per heavy atom. The maximum Gasteiger partial charge on any atom is 0.317 e. The molecule has 0 aromatic heterocycles. The first kappa shape index (κ1) is 16.8. The topological polar surface area (TPSA) is 89.9 Å². The smallest absolute Gasteiger partial charge is 0.317 e. The van der Waals surface area contributed by atoms with Crippen LogP contribution in [-0.4, -0.2) is 51.8 Å². The average Bonchev–Trinajstić information content (AvgIpc) is 2.77. The molecule has 1 fully saturated rings. The molecule has 1 rings (SSSR count). The predicted octanol–water partition coefficient (Wildman–Crippen LogP) is 1.29. The molecule has 6 nitrogen and oxygen atoms in total. The van der Waals surface area contributed by atoms with Gasteiger partial charge in [-0.05, 0) is 41.0 Å². The van der Waals surface area contributed by atoms with Crippen LogP contribution in [0.2, 0.25) is 0 Å². The molecule has 0 aromatic rings. The number of amides is 2. The van der Waals surface area contributed by atoms with Crippen molar-refractivity contribution in [3.05, 3.63) is 0 Å². The van der Waals surface area contributed by atoms with Crippen molar-refractivity contribution in [1.82, 2.24) is 10.2 Å². The summed E-state index contributed by atoms with van der Waals surface area (Å²) < 4.78 is 0. The van der Waals surface area contributed by atoms with Gasteiger partial charge in [-0.2, -0.15) is 0 Å². The molecule has 0 saturated carbocycles. The molecule has 0 aliphatic carbocycles. The normalized spacial score (nSPS) is 21.7. The summed E-state index contributed by atoms with van der Waals surface area (Å²) in [6.07, 6.45) is 0.338. The van der Waals surface area contributed by atoms with E-state index in [0.29, 0.717) is 13.1 Å². The van der Waals surface area contributed by atoms with Crippen LogP contribution in [0.4, 0.5) is 4.79 Å². The number of carboxylic acid groups (broad SMARTS) is 1. The lowest BCUT2D eigenvalue weighted by atomic mass is 9.74. The summed E-state index contributed by atoms with van der Waals surface area (Å²) in [7, 11) is 0. The minimum atomic E-state index is -1.08. The highest BCUT2D eigenvalue weighted by Gasteiger charge is 2.45. The summed E-state index contributed by atoms with van der Waals surface area (Å²) in [6.45, 7) is 9.43. The number of rotatable bonds is 4. The molecule has 0 radical (unpaired) electrons. The lowest BCUT2D eigenvalue weighted by molar-refractivity contribution is -0.150. The van der Waals surface area contributed by atoms with Crippen LogP contribution in [0.1, 0.15) is 41.0 Å². The fraction of sp³-hybridized carbons (Fsp3) is 0.857. The van der Waals surface area contributed by atoms with E-state index in [2.05, 4.69) is 5.32 Å². The van der Waals surface area contributed by atoms with Crippen LogP contribution >= 0.6 is 0 Å². The summed E-state index contributed by atoms with van der Waals surface area (Å²) in [5.74, 6) is -0.859. The molecular formula is C14H26N2O4. The van der Waals surface area contributed by atoms with Crippen molar-refractivity contribution < 1.29 is 19.8 Å². The monoisotopic (exact) mass is 286 g/mol. The second kappa shape index (κ2) is 5.60. The molecule has 1 aliphatic heterocycles. The van der Waals surface area contributed by atoms with E-state index < -0.39 is 23.0 Å². The maximum atomic E-state index is 12.2. The second-order valence-corrected chi connectivity index (χ2v) is 6.72. The number of aliphatic hydroxyl groups is 1. The molecule has 1 saturated heterocycles. The Balaban J connectivity index is 2.69. The molecule has 20 heavy (non-hydrogen) atoms. The molecule has 0 bridgehead atoms. The van der Waals surface area contributed by atoms with Crippen LogP contribution in [0.5, 0.6) is 0 Å². The maximum absolute atomic E-state index is 12.2. The van der Waals surface area contributed by atoms with Gasteiger partial charge in [0.05, 0.1) is 17.1 Å². The predicted molar refractivity (Wildman–Crippen MR) is 75.4 cm³/mol. The number of aliphatic hydroxyl groups excluding tert-OH is 1. The molecular weight excluding hydrogens is 260 g/mol. The van der Waals surface area contributed by atoms with E-state index in [9.17, 15) is 19.8 Å². The zero-order chi connectivity index (χ0) is 15.7. The van der Waals surface area contributed by atoms with Crippen LogP contribution in [0.15, 0.2) is 0 Å². The van der Waals surface area contributed by atoms with E-state index in [1.54, 1.807) is 39.5 Å². The molecule has 1 aliphatic rings. The van der Waals surface area contributed by atoms with Gasteiger partial charge in [0, 0.05) is 19.0 Å². The van der Waals surface area contributed by atoms with Gasteiger partial charge in [0.2, 0.25) is 0 Å². The third-order valence-electron chi connectivity index (χ3n) is 4.71. The summed E-state index contributed by atoms with van der Waals surface area (Å²) in [6, 6.07) is -0.271. The lowest BCUT2D eigenvalue weighted by Gasteiger charge is -2.39. The van der Waals surface area contributed by atoms with Crippen LogP contribution in [0, 0.1) is 11.3 Å². The Morgan fingerprint density at radius 2 is 1.85 bits per heavy atom. The summed E-state index contributed by atoms with van der Waals surface area (Å²) in [4.78, 5) is 25.2. The zero-order valence-electron chi connectivity index (χ0n) is 12.9. The number of carbonyl (C=O) groups is 2. The molecule has 0 aromatic carbocycles. The Morgan fingerprint density at radius 3 is 2.25 bits per heavy atom. The van der Waals surface area contributed by atoms with Crippen molar-refractivity contribution in [3.63, 3.8) is 0 Å². The van der Waals surface area contributed by atoms with Crippen molar-refractivity contribution in [2.45, 2.75) is 52.7 Å². The first-order valence-electron chi connectivity index (χ1n) is 6.97. The van der Waals surface area contributed by atoms with E-state index in [4.69, 9.17) is 0 Å². The summed E-state index contributed by atoms with van der Waals surface area (Å²) in [5, 5.41) is 21.6. The van der Waals surface area contributed by atoms with Gasteiger partial charge in [0.15, 0.2) is 0 Å². The number of carboxylic acids is 1. The Kier molecular flexibility index (Phi) is 4.69. The third kappa shape index (κ3) is 3.23. The van der Waals surface area contributed by atoms with E-state index in [1.165, 1.54) is 0 Å².